The van der Waals surface area contributed by atoms with Crippen LogP contribution in [0.25, 0.3) is 0 Å². The van der Waals surface area contributed by atoms with E-state index in [1.165, 1.54) is 0 Å². The molecule has 0 aliphatic heterocycles. The van der Waals surface area contributed by atoms with E-state index in [1.54, 1.807) is 0 Å². The van der Waals surface area contributed by atoms with Gasteiger partial charge in [0.05, 0.1) is 8.65 Å². The minimum absolute atomic E-state index is 0.135. The molecule has 0 saturated heterocycles. The Morgan fingerprint density at radius 2 is 2.08 bits per heavy atom. The molecule has 0 aromatic rings. The van der Waals surface area contributed by atoms with E-state index in [-0.39, 0.29) is 20.6 Å². The van der Waals surface area contributed by atoms with Gasteiger partial charge in [-0.25, -0.2) is 0 Å². The summed E-state index contributed by atoms with van der Waals surface area (Å²) in [6, 6.07) is 0.265. The third kappa shape index (κ3) is 2.09. The second-order valence-electron chi connectivity index (χ2n) is 4.00. The number of rotatable bonds is 3. The van der Waals surface area contributed by atoms with Crippen LogP contribution in [0.2, 0.25) is 0 Å². The Labute approximate surface area is 96.1 Å². The van der Waals surface area contributed by atoms with Crippen LogP contribution < -0.4 is 5.32 Å². The van der Waals surface area contributed by atoms with Gasteiger partial charge in [-0.1, -0.05) is 38.8 Å². The molecule has 0 unspecified atom stereocenters. The van der Waals surface area contributed by atoms with Crippen molar-refractivity contribution < 1.29 is 4.79 Å². The Bertz CT molecular complexity index is 230. The SMILES string of the molecule is CC[C@@H](C)NC(=O)[C@@]1(C)CC1(Br)Br. The predicted octanol–water partition coefficient (Wildman–Crippen LogP) is 2.80. The highest BCUT2D eigenvalue weighted by atomic mass is 79.9. The number of nitrogens with one attached hydrogen (secondary N) is 1. The first-order valence-corrected chi connectivity index (χ1v) is 6.11. The first-order valence-electron chi connectivity index (χ1n) is 4.52. The van der Waals surface area contributed by atoms with Gasteiger partial charge in [0.25, 0.3) is 0 Å². The Hall–Kier alpha value is 0.430. The molecule has 0 aromatic carbocycles. The van der Waals surface area contributed by atoms with Gasteiger partial charge < -0.3 is 5.32 Å². The van der Waals surface area contributed by atoms with Gasteiger partial charge in [-0.2, -0.15) is 0 Å². The van der Waals surface area contributed by atoms with E-state index in [0.29, 0.717) is 0 Å². The zero-order valence-electron chi connectivity index (χ0n) is 8.16. The van der Waals surface area contributed by atoms with Crippen LogP contribution in [0, 0.1) is 5.41 Å². The maximum Gasteiger partial charge on any atom is 0.228 e. The van der Waals surface area contributed by atoms with Gasteiger partial charge in [0.2, 0.25) is 5.91 Å². The molecule has 13 heavy (non-hydrogen) atoms. The highest BCUT2D eigenvalue weighted by Crippen LogP contribution is 2.66. The van der Waals surface area contributed by atoms with Crippen LogP contribution in [-0.4, -0.2) is 15.2 Å². The zero-order chi connectivity index (χ0) is 10.3. The largest absolute Gasteiger partial charge is 0.353 e. The van der Waals surface area contributed by atoms with Gasteiger partial charge in [-0.3, -0.25) is 4.79 Å². The fourth-order valence-electron chi connectivity index (χ4n) is 1.13. The third-order valence-corrected chi connectivity index (χ3v) is 5.06. The minimum Gasteiger partial charge on any atom is -0.353 e. The van der Waals surface area contributed by atoms with Crippen molar-refractivity contribution in [2.45, 2.75) is 42.9 Å². The maximum absolute atomic E-state index is 11.7. The number of carbonyl (C=O) groups excluding carboxylic acids is 1. The van der Waals surface area contributed by atoms with E-state index in [4.69, 9.17) is 0 Å². The molecule has 0 bridgehead atoms. The average molecular weight is 313 g/mol. The molecule has 76 valence electrons. The molecule has 0 heterocycles. The van der Waals surface area contributed by atoms with Crippen molar-refractivity contribution in [1.82, 2.24) is 5.32 Å². The lowest BCUT2D eigenvalue weighted by molar-refractivity contribution is -0.126. The number of halogens is 2. The van der Waals surface area contributed by atoms with E-state index in [1.807, 2.05) is 13.8 Å². The zero-order valence-corrected chi connectivity index (χ0v) is 11.3. The molecule has 4 heteroatoms. The quantitative estimate of drug-likeness (QED) is 0.798. The smallest absolute Gasteiger partial charge is 0.228 e. The molecule has 0 spiro atoms. The molecule has 0 aromatic heterocycles. The highest BCUT2D eigenvalue weighted by molar-refractivity contribution is 9.25. The summed E-state index contributed by atoms with van der Waals surface area (Å²) in [4.78, 5) is 11.7. The van der Waals surface area contributed by atoms with Crippen molar-refractivity contribution in [3.63, 3.8) is 0 Å². The molecule has 1 saturated carbocycles. The molecule has 2 atom stereocenters. The fourth-order valence-corrected chi connectivity index (χ4v) is 2.61. The monoisotopic (exact) mass is 311 g/mol. The number of hydrogen-bond donors (Lipinski definition) is 1. The molecule has 1 N–H and O–H groups in total. The summed E-state index contributed by atoms with van der Waals surface area (Å²) in [5, 5.41) is 2.99. The van der Waals surface area contributed by atoms with Crippen molar-refractivity contribution in [2.24, 2.45) is 5.41 Å². The third-order valence-electron chi connectivity index (χ3n) is 2.75. The summed E-state index contributed by atoms with van der Waals surface area (Å²) in [5.41, 5.74) is -0.281. The van der Waals surface area contributed by atoms with Crippen molar-refractivity contribution >= 4 is 37.8 Å². The summed E-state index contributed by atoms with van der Waals surface area (Å²) in [7, 11) is 0. The molecule has 1 fully saturated rings. The lowest BCUT2D eigenvalue weighted by atomic mass is 10.1. The lowest BCUT2D eigenvalue weighted by Gasteiger charge is -2.16. The number of alkyl halides is 2. The van der Waals surface area contributed by atoms with Gasteiger partial charge in [0.1, 0.15) is 0 Å². The average Bonchev–Trinajstić information content (AvgIpc) is 2.52. The minimum atomic E-state index is -0.281. The van der Waals surface area contributed by atoms with Gasteiger partial charge in [0.15, 0.2) is 0 Å². The standard InChI is InChI=1S/C9H15Br2NO/c1-4-6(2)12-7(13)8(3)5-9(8,10)11/h6H,4-5H2,1-3H3,(H,12,13)/t6-,8-/m1/s1. The predicted molar refractivity (Wildman–Crippen MR) is 61.2 cm³/mol. The second kappa shape index (κ2) is 3.54. The highest BCUT2D eigenvalue weighted by Gasteiger charge is 2.66. The molecular formula is C9H15Br2NO. The van der Waals surface area contributed by atoms with Crippen LogP contribution in [0.15, 0.2) is 0 Å². The van der Waals surface area contributed by atoms with E-state index < -0.39 is 0 Å². The van der Waals surface area contributed by atoms with Crippen LogP contribution in [0.4, 0.5) is 0 Å². The normalized spacial score (nSPS) is 32.4. The topological polar surface area (TPSA) is 29.1 Å². The number of carbonyl (C=O) groups is 1. The molecule has 1 aliphatic rings. The summed E-state index contributed by atoms with van der Waals surface area (Å²) in [6.45, 7) is 6.05. The van der Waals surface area contributed by atoms with Crippen LogP contribution >= 0.6 is 31.9 Å². The van der Waals surface area contributed by atoms with Gasteiger partial charge >= 0.3 is 0 Å². The molecule has 1 aliphatic carbocycles. The lowest BCUT2D eigenvalue weighted by Crippen LogP contribution is -2.38. The number of amides is 1. The van der Waals surface area contributed by atoms with E-state index in [0.717, 1.165) is 12.8 Å². The summed E-state index contributed by atoms with van der Waals surface area (Å²) in [5.74, 6) is 0.135. The van der Waals surface area contributed by atoms with Gasteiger partial charge in [-0.05, 0) is 26.7 Å². The summed E-state index contributed by atoms with van der Waals surface area (Å²) in [6.07, 6.45) is 1.82. The van der Waals surface area contributed by atoms with Gasteiger partial charge in [-0.15, -0.1) is 0 Å². The Morgan fingerprint density at radius 3 is 2.38 bits per heavy atom. The van der Waals surface area contributed by atoms with E-state index >= 15 is 0 Å². The van der Waals surface area contributed by atoms with Crippen molar-refractivity contribution in [3.8, 4) is 0 Å². The molecular weight excluding hydrogens is 298 g/mol. The van der Waals surface area contributed by atoms with Crippen molar-refractivity contribution in [2.75, 3.05) is 0 Å². The number of hydrogen-bond acceptors (Lipinski definition) is 1. The summed E-state index contributed by atoms with van der Waals surface area (Å²) < 4.78 is -0.176. The van der Waals surface area contributed by atoms with E-state index in [9.17, 15) is 4.79 Å². The first kappa shape index (κ1) is 11.5. The molecule has 0 radical (unpaired) electrons. The van der Waals surface area contributed by atoms with Crippen molar-refractivity contribution in [3.05, 3.63) is 0 Å². The van der Waals surface area contributed by atoms with E-state index in [2.05, 4.69) is 44.1 Å². The van der Waals surface area contributed by atoms with Gasteiger partial charge in [0, 0.05) is 6.04 Å². The molecule has 2 nitrogen and oxygen atoms in total. The second-order valence-corrected chi connectivity index (χ2v) is 7.77. The van der Waals surface area contributed by atoms with Crippen LogP contribution in [-0.2, 0) is 4.79 Å². The fraction of sp³-hybridized carbons (Fsp3) is 0.889. The first-order chi connectivity index (χ1) is 5.83. The van der Waals surface area contributed by atoms with Crippen molar-refractivity contribution in [1.29, 1.82) is 0 Å². The molecule has 1 amide bonds. The Morgan fingerprint density at radius 1 is 1.62 bits per heavy atom. The molecule has 1 rings (SSSR count). The Kier molecular flexibility index (Phi) is 3.13. The maximum atomic E-state index is 11.7. The Balaban J connectivity index is 2.51. The summed E-state index contributed by atoms with van der Waals surface area (Å²) >= 11 is 6.95. The van der Waals surface area contributed by atoms with Crippen LogP contribution in [0.1, 0.15) is 33.6 Å². The van der Waals surface area contributed by atoms with Crippen LogP contribution in [0.5, 0.6) is 0 Å². The van der Waals surface area contributed by atoms with Crippen LogP contribution in [0.3, 0.4) is 0 Å².